The Kier molecular flexibility index (Phi) is 10.5. The van der Waals surface area contributed by atoms with Crippen LogP contribution in [-0.2, 0) is 4.74 Å². The SMILES string of the molecule is Cl/C=C/CNCCOCCCl. The lowest BCUT2D eigenvalue weighted by molar-refractivity contribution is 0.152. The average Bonchev–Trinajstić information content (AvgIpc) is 2.03. The van der Waals surface area contributed by atoms with Crippen LogP contribution in [0.1, 0.15) is 0 Å². The molecule has 0 unspecified atom stereocenters. The number of halogens is 2. The molecule has 1 N–H and O–H groups in total. The highest BCUT2D eigenvalue weighted by Gasteiger charge is 1.84. The highest BCUT2D eigenvalue weighted by Crippen LogP contribution is 1.78. The molecule has 0 fully saturated rings. The molecule has 0 aliphatic rings. The molecule has 0 rings (SSSR count). The van der Waals surface area contributed by atoms with Gasteiger partial charge in [0.2, 0.25) is 0 Å². The summed E-state index contributed by atoms with van der Waals surface area (Å²) in [6, 6.07) is 0. The lowest BCUT2D eigenvalue weighted by Gasteiger charge is -2.01. The fourth-order valence-corrected chi connectivity index (χ4v) is 0.729. The largest absolute Gasteiger partial charge is 0.379 e. The minimum atomic E-state index is 0.557. The van der Waals surface area contributed by atoms with Crippen molar-refractivity contribution in [3.8, 4) is 0 Å². The molecule has 0 aliphatic heterocycles. The smallest absolute Gasteiger partial charge is 0.0602 e. The molecule has 2 nitrogen and oxygen atoms in total. The molecule has 0 amide bonds. The van der Waals surface area contributed by atoms with Crippen molar-refractivity contribution in [3.63, 3.8) is 0 Å². The second kappa shape index (κ2) is 10.2. The minimum Gasteiger partial charge on any atom is -0.379 e. The molecule has 66 valence electrons. The van der Waals surface area contributed by atoms with Crippen molar-refractivity contribution in [1.29, 1.82) is 0 Å². The lowest BCUT2D eigenvalue weighted by atomic mass is 10.6. The quantitative estimate of drug-likeness (QED) is 0.495. The maximum atomic E-state index is 5.39. The van der Waals surface area contributed by atoms with E-state index in [2.05, 4.69) is 5.32 Å². The van der Waals surface area contributed by atoms with Gasteiger partial charge in [-0.25, -0.2) is 0 Å². The second-order valence-electron chi connectivity index (χ2n) is 1.87. The molecule has 0 atom stereocenters. The van der Waals surface area contributed by atoms with Gasteiger partial charge in [-0.05, 0) is 0 Å². The van der Waals surface area contributed by atoms with Gasteiger partial charge in [0, 0.05) is 24.5 Å². The maximum absolute atomic E-state index is 5.39. The summed E-state index contributed by atoms with van der Waals surface area (Å²) in [7, 11) is 0. The summed E-state index contributed by atoms with van der Waals surface area (Å²) in [6.45, 7) is 2.93. The Labute approximate surface area is 77.5 Å². The summed E-state index contributed by atoms with van der Waals surface area (Å²) in [4.78, 5) is 0. The Morgan fingerprint density at radius 1 is 1.36 bits per heavy atom. The fraction of sp³-hybridized carbons (Fsp3) is 0.714. The van der Waals surface area contributed by atoms with E-state index in [9.17, 15) is 0 Å². The van der Waals surface area contributed by atoms with Crippen molar-refractivity contribution < 1.29 is 4.74 Å². The van der Waals surface area contributed by atoms with Crippen molar-refractivity contribution in [2.45, 2.75) is 0 Å². The van der Waals surface area contributed by atoms with Gasteiger partial charge >= 0.3 is 0 Å². The van der Waals surface area contributed by atoms with Crippen LogP contribution in [0.4, 0.5) is 0 Å². The molecule has 0 aromatic heterocycles. The first-order chi connectivity index (χ1) is 5.41. The molecule has 0 aromatic rings. The summed E-state index contributed by atoms with van der Waals surface area (Å²) in [5, 5.41) is 3.11. The van der Waals surface area contributed by atoms with E-state index in [1.54, 1.807) is 0 Å². The zero-order chi connectivity index (χ0) is 8.36. The van der Waals surface area contributed by atoms with Gasteiger partial charge in [-0.2, -0.15) is 0 Å². The Balaban J connectivity index is 2.79. The van der Waals surface area contributed by atoms with Crippen LogP contribution in [0.3, 0.4) is 0 Å². The summed E-state index contributed by atoms with van der Waals surface area (Å²) in [5.74, 6) is 0.557. The Morgan fingerprint density at radius 2 is 2.18 bits per heavy atom. The Morgan fingerprint density at radius 3 is 2.82 bits per heavy atom. The predicted molar refractivity (Wildman–Crippen MR) is 49.4 cm³/mol. The van der Waals surface area contributed by atoms with E-state index in [0.717, 1.165) is 13.1 Å². The number of rotatable bonds is 7. The van der Waals surface area contributed by atoms with Crippen LogP contribution in [0.5, 0.6) is 0 Å². The van der Waals surface area contributed by atoms with Gasteiger partial charge in [0.1, 0.15) is 0 Å². The lowest BCUT2D eigenvalue weighted by Crippen LogP contribution is -2.19. The van der Waals surface area contributed by atoms with Crippen LogP contribution in [-0.4, -0.2) is 32.2 Å². The van der Waals surface area contributed by atoms with Crippen LogP contribution in [0.25, 0.3) is 0 Å². The van der Waals surface area contributed by atoms with Gasteiger partial charge in [-0.1, -0.05) is 17.7 Å². The molecule has 0 heterocycles. The molecule has 0 spiro atoms. The number of hydrogen-bond acceptors (Lipinski definition) is 2. The third-order valence-corrected chi connectivity index (χ3v) is 1.33. The second-order valence-corrected chi connectivity index (χ2v) is 2.50. The molecule has 11 heavy (non-hydrogen) atoms. The third kappa shape index (κ3) is 10.2. The monoisotopic (exact) mass is 197 g/mol. The van der Waals surface area contributed by atoms with Gasteiger partial charge in [0.15, 0.2) is 0 Å². The van der Waals surface area contributed by atoms with Crippen LogP contribution in [0, 0.1) is 0 Å². The average molecular weight is 198 g/mol. The highest BCUT2D eigenvalue weighted by atomic mass is 35.5. The standard InChI is InChI=1S/C7H13Cl2NO/c8-2-1-4-10-5-7-11-6-3-9/h1-2,10H,3-7H2/b2-1+. The van der Waals surface area contributed by atoms with E-state index >= 15 is 0 Å². The molecule has 0 aliphatic carbocycles. The Bertz CT molecular complexity index is 98.4. The molecule has 0 saturated carbocycles. The van der Waals surface area contributed by atoms with E-state index < -0.39 is 0 Å². The molecule has 0 bridgehead atoms. The fourth-order valence-electron chi connectivity index (χ4n) is 0.531. The van der Waals surface area contributed by atoms with Crippen molar-refractivity contribution >= 4 is 23.2 Å². The zero-order valence-corrected chi connectivity index (χ0v) is 7.87. The third-order valence-electron chi connectivity index (χ3n) is 0.996. The van der Waals surface area contributed by atoms with Crippen molar-refractivity contribution in [3.05, 3.63) is 11.6 Å². The number of alkyl halides is 1. The number of nitrogens with one attached hydrogen (secondary N) is 1. The van der Waals surface area contributed by atoms with Crippen LogP contribution in [0.2, 0.25) is 0 Å². The van der Waals surface area contributed by atoms with Crippen LogP contribution in [0.15, 0.2) is 11.6 Å². The number of hydrogen-bond donors (Lipinski definition) is 1. The Hall–Kier alpha value is 0.240. The summed E-state index contributed by atoms with van der Waals surface area (Å²) >= 11 is 10.7. The minimum absolute atomic E-state index is 0.557. The summed E-state index contributed by atoms with van der Waals surface area (Å²) < 4.78 is 5.11. The van der Waals surface area contributed by atoms with E-state index in [1.165, 1.54) is 5.54 Å². The van der Waals surface area contributed by atoms with Gasteiger partial charge in [0.05, 0.1) is 13.2 Å². The molecule has 0 radical (unpaired) electrons. The van der Waals surface area contributed by atoms with Gasteiger partial charge in [-0.15, -0.1) is 11.6 Å². The van der Waals surface area contributed by atoms with Gasteiger partial charge in [0.25, 0.3) is 0 Å². The summed E-state index contributed by atoms with van der Waals surface area (Å²) in [6.07, 6.45) is 1.84. The highest BCUT2D eigenvalue weighted by molar-refractivity contribution is 6.25. The van der Waals surface area contributed by atoms with Gasteiger partial charge < -0.3 is 10.1 Å². The zero-order valence-electron chi connectivity index (χ0n) is 6.35. The van der Waals surface area contributed by atoms with Crippen molar-refractivity contribution in [2.24, 2.45) is 0 Å². The molecular formula is C7H13Cl2NO. The predicted octanol–water partition coefficient (Wildman–Crippen LogP) is 1.58. The van der Waals surface area contributed by atoms with E-state index in [1.807, 2.05) is 6.08 Å². The molecule has 0 saturated heterocycles. The topological polar surface area (TPSA) is 21.3 Å². The van der Waals surface area contributed by atoms with Crippen molar-refractivity contribution in [1.82, 2.24) is 5.32 Å². The summed E-state index contributed by atoms with van der Waals surface area (Å²) in [5.41, 5.74) is 1.49. The first kappa shape index (κ1) is 11.2. The van der Waals surface area contributed by atoms with Gasteiger partial charge in [-0.3, -0.25) is 0 Å². The maximum Gasteiger partial charge on any atom is 0.0602 e. The molecule has 4 heteroatoms. The van der Waals surface area contributed by atoms with E-state index in [4.69, 9.17) is 27.9 Å². The molecular weight excluding hydrogens is 185 g/mol. The van der Waals surface area contributed by atoms with E-state index in [-0.39, 0.29) is 0 Å². The molecule has 0 aromatic carbocycles. The first-order valence-corrected chi connectivity index (χ1v) is 4.48. The van der Waals surface area contributed by atoms with Crippen molar-refractivity contribution in [2.75, 3.05) is 32.2 Å². The normalized spacial score (nSPS) is 11.1. The van der Waals surface area contributed by atoms with E-state index in [0.29, 0.717) is 19.1 Å². The number of ether oxygens (including phenoxy) is 1. The first-order valence-electron chi connectivity index (χ1n) is 3.51. The van der Waals surface area contributed by atoms with Crippen LogP contribution >= 0.6 is 23.2 Å². The van der Waals surface area contributed by atoms with Crippen LogP contribution < -0.4 is 5.32 Å².